The molecule has 1 aromatic heterocycles. The molecule has 3 heterocycles. The number of aromatic nitrogens is 2. The van der Waals surface area contributed by atoms with Gasteiger partial charge in [0.25, 0.3) is 0 Å². The zero-order valence-electron chi connectivity index (χ0n) is 17.3. The van der Waals surface area contributed by atoms with E-state index in [1.165, 1.54) is 0 Å². The van der Waals surface area contributed by atoms with Gasteiger partial charge in [-0.25, -0.2) is 4.79 Å². The maximum atomic E-state index is 12.8. The van der Waals surface area contributed by atoms with E-state index >= 15 is 0 Å². The van der Waals surface area contributed by atoms with Gasteiger partial charge in [0.2, 0.25) is 5.91 Å². The highest BCUT2D eigenvalue weighted by molar-refractivity contribution is 6.03. The topological polar surface area (TPSA) is 79.7 Å². The largest absolute Gasteiger partial charge is 0.446 e. The smallest absolute Gasteiger partial charge is 0.414 e. The molecule has 0 bridgehead atoms. The molecule has 4 rings (SSSR count). The van der Waals surface area contributed by atoms with E-state index in [2.05, 4.69) is 10.4 Å². The van der Waals surface area contributed by atoms with Gasteiger partial charge in [0.15, 0.2) is 0 Å². The Morgan fingerprint density at radius 2 is 1.97 bits per heavy atom. The third kappa shape index (κ3) is 3.60. The first-order valence-corrected chi connectivity index (χ1v) is 10.0. The lowest BCUT2D eigenvalue weighted by Gasteiger charge is -2.40. The van der Waals surface area contributed by atoms with Crippen molar-refractivity contribution >= 4 is 23.4 Å². The zero-order valence-corrected chi connectivity index (χ0v) is 17.3. The van der Waals surface area contributed by atoms with Crippen LogP contribution in [0, 0.1) is 0 Å². The number of anilines is 2. The fraction of sp³-hybridized carbons (Fsp3) is 0.476. The lowest BCUT2D eigenvalue weighted by Crippen LogP contribution is -2.51. The van der Waals surface area contributed by atoms with Crippen molar-refractivity contribution in [2.45, 2.75) is 45.9 Å². The second-order valence-corrected chi connectivity index (χ2v) is 8.01. The molecular formula is C21H27N5O3. The maximum absolute atomic E-state index is 12.8. The molecule has 2 aliphatic heterocycles. The minimum Gasteiger partial charge on any atom is -0.446 e. The van der Waals surface area contributed by atoms with Crippen LogP contribution in [-0.2, 0) is 9.53 Å². The second-order valence-electron chi connectivity index (χ2n) is 8.01. The average Bonchev–Trinajstić information content (AvgIpc) is 3.07. The Labute approximate surface area is 170 Å². The quantitative estimate of drug-likeness (QED) is 0.862. The molecule has 1 saturated heterocycles. The fourth-order valence-corrected chi connectivity index (χ4v) is 3.87. The number of ether oxygens (including phenoxy) is 1. The highest BCUT2D eigenvalue weighted by atomic mass is 16.6. The van der Waals surface area contributed by atoms with Gasteiger partial charge < -0.3 is 15.0 Å². The molecule has 2 amide bonds. The molecule has 0 aliphatic carbocycles. The van der Waals surface area contributed by atoms with E-state index in [0.717, 1.165) is 29.9 Å². The number of nitrogens with one attached hydrogen (secondary N) is 1. The van der Waals surface area contributed by atoms with Crippen molar-refractivity contribution in [3.63, 3.8) is 0 Å². The molecule has 1 fully saturated rings. The zero-order chi connectivity index (χ0) is 20.7. The van der Waals surface area contributed by atoms with Crippen molar-refractivity contribution in [1.82, 2.24) is 15.1 Å². The number of carbonyl (C=O) groups excluding carboxylic acids is 2. The van der Waals surface area contributed by atoms with Crippen molar-refractivity contribution in [2.24, 2.45) is 0 Å². The van der Waals surface area contributed by atoms with Gasteiger partial charge in [-0.1, -0.05) is 6.07 Å². The van der Waals surface area contributed by atoms with E-state index in [9.17, 15) is 9.59 Å². The van der Waals surface area contributed by atoms with Crippen LogP contribution in [0.25, 0.3) is 11.1 Å². The van der Waals surface area contributed by atoms with Crippen LogP contribution in [0.2, 0.25) is 0 Å². The van der Waals surface area contributed by atoms with Crippen LogP contribution in [0.4, 0.5) is 16.2 Å². The van der Waals surface area contributed by atoms with E-state index in [1.807, 2.05) is 56.0 Å². The predicted octanol–water partition coefficient (Wildman–Crippen LogP) is 2.80. The van der Waals surface area contributed by atoms with Gasteiger partial charge in [-0.15, -0.1) is 0 Å². The number of benzene rings is 1. The van der Waals surface area contributed by atoms with Crippen LogP contribution in [0.3, 0.4) is 0 Å². The number of rotatable bonds is 3. The Balaban J connectivity index is 1.73. The fourth-order valence-electron chi connectivity index (χ4n) is 3.87. The van der Waals surface area contributed by atoms with E-state index in [4.69, 9.17) is 4.74 Å². The van der Waals surface area contributed by atoms with Crippen LogP contribution >= 0.6 is 0 Å². The summed E-state index contributed by atoms with van der Waals surface area (Å²) in [7, 11) is 0. The first kappa shape index (κ1) is 19.4. The molecule has 0 unspecified atom stereocenters. The third-order valence-corrected chi connectivity index (χ3v) is 5.38. The maximum Gasteiger partial charge on any atom is 0.414 e. The number of nitrogens with zero attached hydrogens (tertiary/aromatic N) is 4. The molecule has 0 spiro atoms. The Morgan fingerprint density at radius 3 is 2.59 bits per heavy atom. The van der Waals surface area contributed by atoms with Crippen molar-refractivity contribution in [2.75, 3.05) is 29.4 Å². The van der Waals surface area contributed by atoms with Crippen molar-refractivity contribution in [3.8, 4) is 11.1 Å². The van der Waals surface area contributed by atoms with Crippen LogP contribution in [-0.4, -0.2) is 53.6 Å². The Bertz CT molecular complexity index is 934. The molecule has 1 N–H and O–H groups in total. The summed E-state index contributed by atoms with van der Waals surface area (Å²) in [6, 6.07) is 6.06. The van der Waals surface area contributed by atoms with Crippen LogP contribution < -0.4 is 15.1 Å². The number of carbonyl (C=O) groups is 2. The predicted molar refractivity (Wildman–Crippen MR) is 111 cm³/mol. The first-order chi connectivity index (χ1) is 13.8. The Morgan fingerprint density at radius 1 is 1.21 bits per heavy atom. The van der Waals surface area contributed by atoms with Gasteiger partial charge >= 0.3 is 6.09 Å². The van der Waals surface area contributed by atoms with E-state index in [-0.39, 0.29) is 18.1 Å². The Hall–Kier alpha value is -2.87. The molecule has 2 aliphatic rings. The highest BCUT2D eigenvalue weighted by Gasteiger charge is 2.35. The van der Waals surface area contributed by atoms with Crippen LogP contribution in [0.15, 0.2) is 30.6 Å². The summed E-state index contributed by atoms with van der Waals surface area (Å²) in [6.45, 7) is 9.37. The summed E-state index contributed by atoms with van der Waals surface area (Å²) in [5.74, 6) is -0.0475. The van der Waals surface area contributed by atoms with Gasteiger partial charge in [-0.3, -0.25) is 14.4 Å². The van der Waals surface area contributed by atoms with Gasteiger partial charge in [-0.05, 0) is 38.5 Å². The summed E-state index contributed by atoms with van der Waals surface area (Å²) < 4.78 is 7.43. The number of hydrogen-bond acceptors (Lipinski definition) is 5. The monoisotopic (exact) mass is 397 g/mol. The minimum atomic E-state index is -0.398. The molecule has 1 aromatic carbocycles. The van der Waals surface area contributed by atoms with Crippen LogP contribution in [0.1, 0.15) is 33.7 Å². The molecule has 0 radical (unpaired) electrons. The molecular weight excluding hydrogens is 370 g/mol. The van der Waals surface area contributed by atoms with Crippen LogP contribution in [0.5, 0.6) is 0 Å². The standard InChI is InChI=1S/C21H27N5O3/c1-13(2)29-21(28)24-11-14(3)26(15(4)27)19-6-5-16(7-20(19)24)17-8-23-25(12-17)18-9-22-10-18/h5-8,12-14,18,22H,9-11H2,1-4H3/t14-/m0/s1. The SMILES string of the molecule is CC(=O)N1c2ccc(-c3cnn(C4CNC4)c3)cc2N(C(=O)OC(C)C)C[C@@H]1C. The number of amides is 2. The average molecular weight is 397 g/mol. The van der Waals surface area contributed by atoms with Gasteiger partial charge in [0.05, 0.1) is 35.8 Å². The second kappa shape index (κ2) is 7.51. The first-order valence-electron chi connectivity index (χ1n) is 10.0. The molecule has 29 heavy (non-hydrogen) atoms. The minimum absolute atomic E-state index is 0.0475. The van der Waals surface area contributed by atoms with E-state index in [0.29, 0.717) is 18.3 Å². The molecule has 8 heteroatoms. The van der Waals surface area contributed by atoms with Crippen molar-refractivity contribution in [3.05, 3.63) is 30.6 Å². The molecule has 2 aromatic rings. The lowest BCUT2D eigenvalue weighted by atomic mass is 10.0. The van der Waals surface area contributed by atoms with Crippen molar-refractivity contribution in [1.29, 1.82) is 0 Å². The highest BCUT2D eigenvalue weighted by Crippen LogP contribution is 2.39. The summed E-state index contributed by atoms with van der Waals surface area (Å²) in [4.78, 5) is 28.4. The van der Waals surface area contributed by atoms with Gasteiger partial charge in [-0.2, -0.15) is 5.10 Å². The van der Waals surface area contributed by atoms with Gasteiger partial charge in [0.1, 0.15) is 0 Å². The lowest BCUT2D eigenvalue weighted by molar-refractivity contribution is -0.117. The summed E-state index contributed by atoms with van der Waals surface area (Å²) in [5, 5.41) is 7.73. The number of hydrogen-bond donors (Lipinski definition) is 1. The summed E-state index contributed by atoms with van der Waals surface area (Å²) >= 11 is 0. The molecule has 154 valence electrons. The normalized spacial score (nSPS) is 19.1. The molecule has 0 saturated carbocycles. The number of fused-ring (bicyclic) bond motifs is 1. The summed E-state index contributed by atoms with van der Waals surface area (Å²) in [5.41, 5.74) is 3.32. The molecule has 1 atom stereocenters. The Kier molecular flexibility index (Phi) is 5.04. The van der Waals surface area contributed by atoms with Gasteiger partial charge in [0, 0.05) is 38.3 Å². The van der Waals surface area contributed by atoms with E-state index < -0.39 is 6.09 Å². The van der Waals surface area contributed by atoms with E-state index in [1.54, 1.807) is 16.7 Å². The summed E-state index contributed by atoms with van der Waals surface area (Å²) in [6.07, 6.45) is 3.25. The molecule has 8 nitrogen and oxygen atoms in total. The van der Waals surface area contributed by atoms with Crippen molar-refractivity contribution < 1.29 is 14.3 Å². The third-order valence-electron chi connectivity index (χ3n) is 5.38.